The number of nitrogens with zero attached hydrogens (tertiary/aromatic N) is 2. The lowest BCUT2D eigenvalue weighted by atomic mass is 10.1. The molecule has 0 spiro atoms. The van der Waals surface area contributed by atoms with Crippen LogP contribution in [0.4, 0.5) is 0 Å². The second-order valence-electron chi connectivity index (χ2n) is 7.43. The van der Waals surface area contributed by atoms with E-state index in [0.717, 1.165) is 15.2 Å². The third kappa shape index (κ3) is 4.53. The fourth-order valence-corrected chi connectivity index (χ4v) is 5.85. The van der Waals surface area contributed by atoms with Crippen molar-refractivity contribution in [2.45, 2.75) is 4.90 Å². The normalized spacial score (nSPS) is 15.4. The van der Waals surface area contributed by atoms with Crippen LogP contribution in [-0.2, 0) is 14.8 Å². The van der Waals surface area contributed by atoms with Gasteiger partial charge in [-0.1, -0.05) is 12.1 Å². The van der Waals surface area contributed by atoms with Gasteiger partial charge in [0.25, 0.3) is 0 Å². The van der Waals surface area contributed by atoms with Gasteiger partial charge in [0, 0.05) is 18.7 Å². The minimum Gasteiger partial charge on any atom is -0.454 e. The number of morpholine rings is 1. The second kappa shape index (κ2) is 9.03. The first-order valence-corrected chi connectivity index (χ1v) is 12.6. The first kappa shape index (κ1) is 21.7. The highest BCUT2D eigenvalue weighted by Gasteiger charge is 2.26. The molecule has 2 aromatic heterocycles. The minimum absolute atomic E-state index is 0.163. The molecule has 0 bridgehead atoms. The standard InChI is InChI=1S/C24H20N2O5S2/c27-21(17-5-9-19(10-6-17)33(28,29)26-13-15-30-16-14-26)11-7-18-8-12-22(31-18)24-25-20-3-1-2-4-23(20)32-24/h1-12H,13-16H2/b11-7+. The van der Waals surface area contributed by atoms with Gasteiger partial charge in [0.2, 0.25) is 10.0 Å². The van der Waals surface area contributed by atoms with Crippen LogP contribution in [0.2, 0.25) is 0 Å². The Morgan fingerprint density at radius 3 is 2.52 bits per heavy atom. The molecule has 3 heterocycles. The molecule has 0 unspecified atom stereocenters. The predicted octanol–water partition coefficient (Wildman–Crippen LogP) is 4.47. The SMILES string of the molecule is O=C(/C=C/c1ccc(-c2nc3ccccc3s2)o1)c1ccc(S(=O)(=O)N2CCOCC2)cc1. The Bertz CT molecular complexity index is 1400. The fourth-order valence-electron chi connectivity index (χ4n) is 3.52. The molecule has 5 rings (SSSR count). The number of ether oxygens (including phenoxy) is 1. The van der Waals surface area contributed by atoms with Crippen molar-refractivity contribution in [3.05, 3.63) is 78.1 Å². The van der Waals surface area contributed by atoms with Crippen LogP contribution in [0.3, 0.4) is 0 Å². The van der Waals surface area contributed by atoms with E-state index >= 15 is 0 Å². The number of fused-ring (bicyclic) bond motifs is 1. The van der Waals surface area contributed by atoms with Gasteiger partial charge in [0.05, 0.1) is 28.3 Å². The highest BCUT2D eigenvalue weighted by atomic mass is 32.2. The molecular weight excluding hydrogens is 460 g/mol. The topological polar surface area (TPSA) is 89.7 Å². The summed E-state index contributed by atoms with van der Waals surface area (Å²) in [5.74, 6) is 0.924. The monoisotopic (exact) mass is 480 g/mol. The Hall–Kier alpha value is -3.11. The lowest BCUT2D eigenvalue weighted by Crippen LogP contribution is -2.40. The van der Waals surface area contributed by atoms with Gasteiger partial charge in [-0.2, -0.15) is 4.31 Å². The Morgan fingerprint density at radius 2 is 1.76 bits per heavy atom. The summed E-state index contributed by atoms with van der Waals surface area (Å²) in [7, 11) is -3.59. The molecule has 1 saturated heterocycles. The summed E-state index contributed by atoms with van der Waals surface area (Å²) in [5.41, 5.74) is 1.31. The molecule has 9 heteroatoms. The van der Waals surface area contributed by atoms with Crippen molar-refractivity contribution in [1.82, 2.24) is 9.29 Å². The zero-order valence-corrected chi connectivity index (χ0v) is 19.1. The first-order valence-electron chi connectivity index (χ1n) is 10.4. The van der Waals surface area contributed by atoms with Gasteiger partial charge in [-0.05, 0) is 60.7 Å². The Kier molecular flexibility index (Phi) is 5.94. The number of carbonyl (C=O) groups is 1. The molecule has 0 aliphatic carbocycles. The molecule has 0 saturated carbocycles. The smallest absolute Gasteiger partial charge is 0.243 e. The lowest BCUT2D eigenvalue weighted by molar-refractivity contribution is 0.0730. The number of ketones is 1. The number of benzene rings is 2. The van der Waals surface area contributed by atoms with Gasteiger partial charge in [-0.3, -0.25) is 4.79 Å². The minimum atomic E-state index is -3.59. The van der Waals surface area contributed by atoms with E-state index in [1.165, 1.54) is 34.6 Å². The van der Waals surface area contributed by atoms with Crippen molar-refractivity contribution < 1.29 is 22.4 Å². The Labute approximate surface area is 195 Å². The maximum Gasteiger partial charge on any atom is 0.243 e. The van der Waals surface area contributed by atoms with Crippen LogP contribution in [-0.4, -0.2) is 49.8 Å². The molecule has 1 aliphatic heterocycles. The maximum atomic E-state index is 12.7. The molecule has 0 N–H and O–H groups in total. The third-order valence-electron chi connectivity index (χ3n) is 5.28. The van der Waals surface area contributed by atoms with Crippen LogP contribution in [0.5, 0.6) is 0 Å². The zero-order chi connectivity index (χ0) is 22.8. The van der Waals surface area contributed by atoms with Gasteiger partial charge < -0.3 is 9.15 Å². The van der Waals surface area contributed by atoms with Crippen molar-refractivity contribution in [3.8, 4) is 10.8 Å². The van der Waals surface area contributed by atoms with E-state index in [2.05, 4.69) is 4.98 Å². The van der Waals surface area contributed by atoms with E-state index < -0.39 is 10.0 Å². The number of hydrogen-bond acceptors (Lipinski definition) is 7. The highest BCUT2D eigenvalue weighted by molar-refractivity contribution is 7.89. The van der Waals surface area contributed by atoms with Crippen molar-refractivity contribution in [1.29, 1.82) is 0 Å². The molecule has 168 valence electrons. The molecule has 1 aliphatic rings. The number of furan rings is 1. The van der Waals surface area contributed by atoms with Crippen molar-refractivity contribution >= 4 is 43.4 Å². The number of para-hydroxylation sites is 1. The number of sulfonamides is 1. The fraction of sp³-hybridized carbons (Fsp3) is 0.167. The van der Waals surface area contributed by atoms with Crippen LogP contribution >= 0.6 is 11.3 Å². The van der Waals surface area contributed by atoms with Crippen molar-refractivity contribution in [2.75, 3.05) is 26.3 Å². The molecule has 2 aromatic carbocycles. The summed E-state index contributed by atoms with van der Waals surface area (Å²) in [5, 5.41) is 0.777. The first-order chi connectivity index (χ1) is 16.0. The molecule has 0 amide bonds. The van der Waals surface area contributed by atoms with Crippen LogP contribution < -0.4 is 0 Å². The van der Waals surface area contributed by atoms with E-state index in [9.17, 15) is 13.2 Å². The third-order valence-corrected chi connectivity index (χ3v) is 8.24. The van der Waals surface area contributed by atoms with E-state index in [4.69, 9.17) is 9.15 Å². The maximum absolute atomic E-state index is 12.7. The van der Waals surface area contributed by atoms with Crippen molar-refractivity contribution in [3.63, 3.8) is 0 Å². The number of thiazole rings is 1. The van der Waals surface area contributed by atoms with Gasteiger partial charge in [0.1, 0.15) is 5.76 Å². The summed E-state index contributed by atoms with van der Waals surface area (Å²) < 4.78 is 38.9. The van der Waals surface area contributed by atoms with E-state index in [1.807, 2.05) is 30.3 Å². The summed E-state index contributed by atoms with van der Waals surface area (Å²) >= 11 is 1.54. The van der Waals surface area contributed by atoms with E-state index in [1.54, 1.807) is 23.5 Å². The number of allylic oxidation sites excluding steroid dienone is 1. The summed E-state index contributed by atoms with van der Waals surface area (Å²) in [6.07, 6.45) is 3.00. The zero-order valence-electron chi connectivity index (χ0n) is 17.5. The average molecular weight is 481 g/mol. The van der Waals surface area contributed by atoms with Crippen LogP contribution in [0.15, 0.2) is 76.1 Å². The molecule has 4 aromatic rings. The number of carbonyl (C=O) groups excluding carboxylic acids is 1. The Balaban J connectivity index is 1.28. The van der Waals surface area contributed by atoms with Crippen LogP contribution in [0, 0.1) is 0 Å². The average Bonchev–Trinajstić information content (AvgIpc) is 3.50. The second-order valence-corrected chi connectivity index (χ2v) is 10.4. The summed E-state index contributed by atoms with van der Waals surface area (Å²) in [4.78, 5) is 17.3. The van der Waals surface area contributed by atoms with E-state index in [0.29, 0.717) is 43.4 Å². The largest absolute Gasteiger partial charge is 0.454 e. The molecule has 33 heavy (non-hydrogen) atoms. The predicted molar refractivity (Wildman–Crippen MR) is 127 cm³/mol. The Morgan fingerprint density at radius 1 is 1.00 bits per heavy atom. The summed E-state index contributed by atoms with van der Waals surface area (Å²) in [6.45, 7) is 1.42. The van der Waals surface area contributed by atoms with Crippen molar-refractivity contribution in [2.24, 2.45) is 0 Å². The number of hydrogen-bond donors (Lipinski definition) is 0. The van der Waals surface area contributed by atoms with Gasteiger partial charge in [0.15, 0.2) is 16.6 Å². The van der Waals surface area contributed by atoms with Gasteiger partial charge in [-0.15, -0.1) is 11.3 Å². The number of rotatable bonds is 6. The molecule has 0 atom stereocenters. The molecule has 0 radical (unpaired) electrons. The van der Waals surface area contributed by atoms with Crippen LogP contribution in [0.1, 0.15) is 16.1 Å². The molecule has 7 nitrogen and oxygen atoms in total. The quantitative estimate of drug-likeness (QED) is 0.299. The van der Waals surface area contributed by atoms with Crippen LogP contribution in [0.25, 0.3) is 27.1 Å². The highest BCUT2D eigenvalue weighted by Crippen LogP contribution is 2.31. The molecular formula is C24H20N2O5S2. The van der Waals surface area contributed by atoms with E-state index in [-0.39, 0.29) is 10.7 Å². The number of aromatic nitrogens is 1. The lowest BCUT2D eigenvalue weighted by Gasteiger charge is -2.26. The van der Waals surface area contributed by atoms with Gasteiger partial charge in [-0.25, -0.2) is 13.4 Å². The summed E-state index contributed by atoms with van der Waals surface area (Å²) in [6, 6.07) is 17.5. The van der Waals surface area contributed by atoms with Gasteiger partial charge >= 0.3 is 0 Å². The molecule has 1 fully saturated rings.